The van der Waals surface area contributed by atoms with E-state index >= 15 is 0 Å². The van der Waals surface area contributed by atoms with E-state index in [0.717, 1.165) is 38.5 Å². The Balaban J connectivity index is -0.000000218. The van der Waals surface area contributed by atoms with Crippen LogP contribution < -0.4 is 0 Å². The molecule has 0 unspecified atom stereocenters. The van der Waals surface area contributed by atoms with Crippen molar-refractivity contribution >= 4 is 0 Å². The van der Waals surface area contributed by atoms with Crippen LogP contribution >= 0.6 is 0 Å². The predicted molar refractivity (Wildman–Crippen MR) is 75.1 cm³/mol. The van der Waals surface area contributed by atoms with E-state index in [1.165, 1.54) is 0 Å². The molecule has 0 spiro atoms. The molecular weight excluding hydrogens is 251 g/mol. The molecule has 17 heavy (non-hydrogen) atoms. The van der Waals surface area contributed by atoms with Gasteiger partial charge in [0, 0.05) is 0 Å². The normalized spacial score (nSPS) is 9.53. The molecule has 1 heteroatoms. The van der Waals surface area contributed by atoms with Crippen molar-refractivity contribution in [2.75, 3.05) is 0 Å². The summed E-state index contributed by atoms with van der Waals surface area (Å²) in [5.74, 6) is 0. The van der Waals surface area contributed by atoms with E-state index < -0.39 is 0 Å². The summed E-state index contributed by atoms with van der Waals surface area (Å²) in [5.41, 5.74) is 0. The van der Waals surface area contributed by atoms with Crippen molar-refractivity contribution < 1.29 is 16.5 Å². The molecule has 0 aliphatic carbocycles. The summed E-state index contributed by atoms with van der Waals surface area (Å²) in [6, 6.07) is 0. The van der Waals surface area contributed by atoms with Gasteiger partial charge in [-0.25, -0.2) is 0 Å². The maximum atomic E-state index is 5.15. The van der Waals surface area contributed by atoms with E-state index in [1.807, 2.05) is 0 Å². The van der Waals surface area contributed by atoms with Gasteiger partial charge >= 0.3 is 16.5 Å². The van der Waals surface area contributed by atoms with Crippen LogP contribution in [0.3, 0.4) is 0 Å². The summed E-state index contributed by atoms with van der Waals surface area (Å²) in [6.07, 6.45) is 18.4. The molecule has 0 aliphatic heterocycles. The average Bonchev–Trinajstić information content (AvgIpc) is 2.31. The fourth-order valence-electron chi connectivity index (χ4n) is 0.954. The molecule has 0 aromatic rings. The van der Waals surface area contributed by atoms with Crippen molar-refractivity contribution in [2.24, 2.45) is 0 Å². The first-order valence-electron chi connectivity index (χ1n) is 6.20. The van der Waals surface area contributed by atoms with Gasteiger partial charge in [-0.15, -0.1) is 0 Å². The second-order valence-corrected chi connectivity index (χ2v) is 3.39. The monoisotopic (exact) mass is 276 g/mol. The van der Waals surface area contributed by atoms with Crippen LogP contribution in [0.25, 0.3) is 0 Å². The zero-order valence-electron chi connectivity index (χ0n) is 11.2. The van der Waals surface area contributed by atoms with E-state index in [4.69, 9.17) is 13.2 Å². The summed E-state index contributed by atoms with van der Waals surface area (Å²) < 4.78 is 0. The molecule has 0 fully saturated rings. The molecule has 0 N–H and O–H groups in total. The summed E-state index contributed by atoms with van der Waals surface area (Å²) in [7, 11) is 0. The zero-order chi connectivity index (χ0) is 12.5. The van der Waals surface area contributed by atoms with Gasteiger partial charge in [-0.05, 0) is 25.7 Å². The Hall–Kier alpha value is -0.546. The minimum atomic E-state index is 0. The van der Waals surface area contributed by atoms with Gasteiger partial charge in [0.2, 0.25) is 0 Å². The zero-order valence-corrected chi connectivity index (χ0v) is 12.2. The van der Waals surface area contributed by atoms with Gasteiger partial charge < -0.3 is 13.2 Å². The first kappa shape index (κ1) is 21.7. The minimum Gasteiger partial charge on any atom is -0.518 e. The fourth-order valence-corrected chi connectivity index (χ4v) is 0.954. The smallest absolute Gasteiger partial charge is 0.518 e. The summed E-state index contributed by atoms with van der Waals surface area (Å²) in [6.45, 7) is 14.6. The fraction of sp³-hybridized carbons (Fsp3) is 0.500. The van der Waals surface area contributed by atoms with Crippen molar-refractivity contribution in [1.82, 2.24) is 0 Å². The first-order valence-corrected chi connectivity index (χ1v) is 6.20. The van der Waals surface area contributed by atoms with Gasteiger partial charge in [0.1, 0.15) is 0 Å². The van der Waals surface area contributed by atoms with Crippen LogP contribution in [0.1, 0.15) is 52.4 Å². The van der Waals surface area contributed by atoms with E-state index in [2.05, 4.69) is 38.2 Å². The van der Waals surface area contributed by atoms with E-state index in [0.29, 0.717) is 0 Å². The number of hydrogen-bond acceptors (Lipinski definition) is 0. The maximum Gasteiger partial charge on any atom is 2.00 e. The standard InChI is InChI=1S/2C8H13.Ni/c2*1-3-5-7-8-6-4-2;/h2*1,3,6,8H,4-5,7H2,2H3;/q2*-1;+2. The van der Waals surface area contributed by atoms with Crippen LogP contribution in [0.5, 0.6) is 0 Å². The average molecular weight is 277 g/mol. The van der Waals surface area contributed by atoms with Crippen LogP contribution in [0.4, 0.5) is 0 Å². The largest absolute Gasteiger partial charge is 2.00 e. The third-order valence-electron chi connectivity index (χ3n) is 1.80. The van der Waals surface area contributed by atoms with Crippen molar-refractivity contribution in [3.63, 3.8) is 0 Å². The van der Waals surface area contributed by atoms with Gasteiger partial charge in [-0.2, -0.15) is 0 Å². The van der Waals surface area contributed by atoms with Gasteiger partial charge in [-0.3, -0.25) is 12.2 Å². The Bertz CT molecular complexity index is 168. The number of allylic oxidation sites excluding steroid dienone is 6. The molecule has 0 saturated carbocycles. The number of rotatable bonds is 8. The van der Waals surface area contributed by atoms with E-state index in [-0.39, 0.29) is 16.5 Å². The molecule has 0 saturated heterocycles. The summed E-state index contributed by atoms with van der Waals surface area (Å²) in [4.78, 5) is 0. The van der Waals surface area contributed by atoms with E-state index in [9.17, 15) is 0 Å². The molecule has 0 heterocycles. The third-order valence-corrected chi connectivity index (χ3v) is 1.80. The number of hydrogen-bond donors (Lipinski definition) is 0. The van der Waals surface area contributed by atoms with Crippen LogP contribution in [0.2, 0.25) is 0 Å². The molecule has 0 bridgehead atoms. The molecule has 0 aliphatic rings. The van der Waals surface area contributed by atoms with Crippen LogP contribution in [0, 0.1) is 13.2 Å². The third kappa shape index (κ3) is 31.3. The molecule has 0 aromatic carbocycles. The van der Waals surface area contributed by atoms with Crippen molar-refractivity contribution in [3.05, 3.63) is 49.6 Å². The Morgan fingerprint density at radius 2 is 1.00 bits per heavy atom. The van der Waals surface area contributed by atoms with Crippen LogP contribution in [-0.2, 0) is 16.5 Å². The van der Waals surface area contributed by atoms with E-state index in [1.54, 1.807) is 12.2 Å². The topological polar surface area (TPSA) is 0 Å². The molecule has 0 rings (SSSR count). The quantitative estimate of drug-likeness (QED) is 0.240. The summed E-state index contributed by atoms with van der Waals surface area (Å²) in [5, 5.41) is 0. The minimum absolute atomic E-state index is 0. The van der Waals surface area contributed by atoms with Crippen molar-refractivity contribution in [2.45, 2.75) is 52.4 Å². The van der Waals surface area contributed by atoms with Gasteiger partial charge in [0.25, 0.3) is 0 Å². The van der Waals surface area contributed by atoms with Gasteiger partial charge in [0.15, 0.2) is 0 Å². The number of unbranched alkanes of at least 4 members (excludes halogenated alkanes) is 2. The Morgan fingerprint density at radius 3 is 1.24 bits per heavy atom. The molecule has 0 aromatic heterocycles. The molecule has 100 valence electrons. The SMILES string of the molecule is [CH-]=CCCC=CCC.[CH-]=CCCC=CCC.[Ni+2]. The molecular formula is C16H26Ni. The molecule has 0 radical (unpaired) electrons. The Morgan fingerprint density at radius 1 is 0.647 bits per heavy atom. The Labute approximate surface area is 119 Å². The molecule has 0 nitrogen and oxygen atoms in total. The van der Waals surface area contributed by atoms with Crippen LogP contribution in [0.15, 0.2) is 36.5 Å². The van der Waals surface area contributed by atoms with Crippen molar-refractivity contribution in [1.29, 1.82) is 0 Å². The first-order chi connectivity index (χ1) is 7.83. The summed E-state index contributed by atoms with van der Waals surface area (Å²) >= 11 is 0. The second kappa shape index (κ2) is 24.6. The second-order valence-electron chi connectivity index (χ2n) is 3.39. The van der Waals surface area contributed by atoms with Gasteiger partial charge in [0.05, 0.1) is 0 Å². The predicted octanol–water partition coefficient (Wildman–Crippen LogP) is 5.44. The maximum absolute atomic E-state index is 5.15. The Kier molecular flexibility index (Phi) is 31.4. The van der Waals surface area contributed by atoms with Gasteiger partial charge in [-0.1, -0.05) is 51.0 Å². The van der Waals surface area contributed by atoms with Crippen molar-refractivity contribution in [3.8, 4) is 0 Å². The van der Waals surface area contributed by atoms with Crippen LogP contribution in [-0.4, -0.2) is 0 Å². The molecule has 0 atom stereocenters. The molecule has 0 amide bonds.